The molecule has 0 saturated heterocycles. The number of benzene rings is 1. The predicted octanol–water partition coefficient (Wildman–Crippen LogP) is 4.34. The van der Waals surface area contributed by atoms with Crippen molar-refractivity contribution in [1.29, 1.82) is 0 Å². The van der Waals surface area contributed by atoms with Gasteiger partial charge in [0.1, 0.15) is 6.67 Å². The SMILES string of the molecule is Cc1c(F)c(F)n(-c2c(Cl)cc(CF)cc2Cl)c(=O)c1F. The Balaban J connectivity index is 2.90. The topological polar surface area (TPSA) is 22.0 Å². The Morgan fingerprint density at radius 1 is 1.10 bits per heavy atom. The second-order valence-corrected chi connectivity index (χ2v) is 5.04. The molecule has 0 amide bonds. The van der Waals surface area contributed by atoms with Crippen LogP contribution in [0.15, 0.2) is 16.9 Å². The fraction of sp³-hybridized carbons (Fsp3) is 0.154. The van der Waals surface area contributed by atoms with Crippen molar-refractivity contribution in [3.63, 3.8) is 0 Å². The molecule has 0 aliphatic carbocycles. The molecule has 1 aromatic carbocycles. The summed E-state index contributed by atoms with van der Waals surface area (Å²) < 4.78 is 53.9. The number of alkyl halides is 1. The highest BCUT2D eigenvalue weighted by Crippen LogP contribution is 2.31. The molecule has 0 aliphatic heterocycles. The number of aromatic nitrogens is 1. The average molecular weight is 340 g/mol. The zero-order chi connectivity index (χ0) is 15.9. The second-order valence-electron chi connectivity index (χ2n) is 4.23. The Bertz CT molecular complexity index is 766. The zero-order valence-corrected chi connectivity index (χ0v) is 12.0. The number of hydrogen-bond donors (Lipinski definition) is 0. The molecule has 112 valence electrons. The first-order valence-electron chi connectivity index (χ1n) is 5.60. The summed E-state index contributed by atoms with van der Waals surface area (Å²) in [4.78, 5) is 11.8. The maximum Gasteiger partial charge on any atom is 0.293 e. The van der Waals surface area contributed by atoms with Crippen LogP contribution in [0.5, 0.6) is 0 Å². The molecule has 2 rings (SSSR count). The Hall–Kier alpha value is -1.53. The number of pyridine rings is 1. The van der Waals surface area contributed by atoms with Crippen LogP contribution in [0.1, 0.15) is 11.1 Å². The monoisotopic (exact) mass is 339 g/mol. The van der Waals surface area contributed by atoms with E-state index < -0.39 is 41.1 Å². The van der Waals surface area contributed by atoms with E-state index in [1.54, 1.807) is 0 Å². The molecule has 1 aromatic heterocycles. The van der Waals surface area contributed by atoms with Crippen molar-refractivity contribution in [2.24, 2.45) is 0 Å². The summed E-state index contributed by atoms with van der Waals surface area (Å²) in [7, 11) is 0. The first kappa shape index (κ1) is 15.9. The third kappa shape index (κ3) is 2.53. The highest BCUT2D eigenvalue weighted by atomic mass is 35.5. The first-order chi connectivity index (χ1) is 9.79. The molecule has 2 aromatic rings. The van der Waals surface area contributed by atoms with E-state index in [1.807, 2.05) is 0 Å². The molecule has 0 spiro atoms. The lowest BCUT2D eigenvalue weighted by Crippen LogP contribution is -2.27. The van der Waals surface area contributed by atoms with E-state index in [2.05, 4.69) is 0 Å². The van der Waals surface area contributed by atoms with Crippen LogP contribution in [0.25, 0.3) is 5.69 Å². The molecule has 0 saturated carbocycles. The minimum absolute atomic E-state index is 0.0789. The number of rotatable bonds is 2. The van der Waals surface area contributed by atoms with Crippen molar-refractivity contribution in [2.75, 3.05) is 0 Å². The van der Waals surface area contributed by atoms with Gasteiger partial charge in [0, 0.05) is 5.56 Å². The maximum absolute atomic E-state index is 14.0. The molecule has 0 N–H and O–H groups in total. The summed E-state index contributed by atoms with van der Waals surface area (Å²) in [5.41, 5.74) is -2.56. The fourth-order valence-electron chi connectivity index (χ4n) is 1.81. The van der Waals surface area contributed by atoms with Gasteiger partial charge in [0.05, 0.1) is 15.7 Å². The largest absolute Gasteiger partial charge is 0.293 e. The predicted molar refractivity (Wildman–Crippen MR) is 71.5 cm³/mol. The quantitative estimate of drug-likeness (QED) is 0.589. The van der Waals surface area contributed by atoms with Crippen molar-refractivity contribution < 1.29 is 17.6 Å². The summed E-state index contributed by atoms with van der Waals surface area (Å²) in [6, 6.07) is 2.18. The summed E-state index contributed by atoms with van der Waals surface area (Å²) in [5.74, 6) is -4.62. The Kier molecular flexibility index (Phi) is 4.30. The molecule has 2 nitrogen and oxygen atoms in total. The standard InChI is InChI=1S/C13H7Cl2F4NO/c1-5-9(17)12(19)20(13(21)10(5)18)11-7(14)2-6(4-16)3-8(11)15/h2-3H,4H2,1H3. The lowest BCUT2D eigenvalue weighted by Gasteiger charge is -2.14. The van der Waals surface area contributed by atoms with Crippen LogP contribution in [0, 0.1) is 24.5 Å². The van der Waals surface area contributed by atoms with E-state index in [0.29, 0.717) is 0 Å². The minimum Gasteiger partial charge on any atom is -0.266 e. The molecule has 0 aliphatic rings. The molecule has 0 atom stereocenters. The van der Waals surface area contributed by atoms with Crippen molar-refractivity contribution in [3.05, 3.63) is 61.2 Å². The van der Waals surface area contributed by atoms with Crippen LogP contribution in [-0.4, -0.2) is 4.57 Å². The third-order valence-electron chi connectivity index (χ3n) is 2.88. The summed E-state index contributed by atoms with van der Waals surface area (Å²) >= 11 is 11.6. The van der Waals surface area contributed by atoms with Gasteiger partial charge in [-0.3, -0.25) is 4.79 Å². The summed E-state index contributed by atoms with van der Waals surface area (Å²) in [6.45, 7) is 0.0304. The van der Waals surface area contributed by atoms with Crippen molar-refractivity contribution in [2.45, 2.75) is 13.6 Å². The van der Waals surface area contributed by atoms with Gasteiger partial charge < -0.3 is 0 Å². The van der Waals surface area contributed by atoms with Crippen molar-refractivity contribution in [1.82, 2.24) is 4.57 Å². The second kappa shape index (κ2) is 5.69. The van der Waals surface area contributed by atoms with Crippen molar-refractivity contribution >= 4 is 23.2 Å². The maximum atomic E-state index is 14.0. The number of halogens is 6. The van der Waals surface area contributed by atoms with Crippen LogP contribution in [0.3, 0.4) is 0 Å². The lowest BCUT2D eigenvalue weighted by atomic mass is 10.2. The first-order valence-corrected chi connectivity index (χ1v) is 6.35. The van der Waals surface area contributed by atoms with Gasteiger partial charge in [0.2, 0.25) is 5.95 Å². The van der Waals surface area contributed by atoms with E-state index in [-0.39, 0.29) is 20.2 Å². The molecule has 0 bridgehead atoms. The van der Waals surface area contributed by atoms with E-state index in [0.717, 1.165) is 19.1 Å². The molecular weight excluding hydrogens is 333 g/mol. The third-order valence-corrected chi connectivity index (χ3v) is 3.46. The van der Waals surface area contributed by atoms with Crippen LogP contribution in [-0.2, 0) is 6.67 Å². The molecule has 1 heterocycles. The minimum atomic E-state index is -1.63. The van der Waals surface area contributed by atoms with Gasteiger partial charge >= 0.3 is 0 Å². The Labute approximate surface area is 126 Å². The smallest absolute Gasteiger partial charge is 0.266 e. The Morgan fingerprint density at radius 2 is 1.62 bits per heavy atom. The van der Waals surface area contributed by atoms with Crippen LogP contribution in [0.4, 0.5) is 17.6 Å². The molecule has 21 heavy (non-hydrogen) atoms. The number of nitrogens with zero attached hydrogens (tertiary/aromatic N) is 1. The normalized spacial score (nSPS) is 11.0. The molecule has 0 radical (unpaired) electrons. The van der Waals surface area contributed by atoms with Crippen LogP contribution in [0.2, 0.25) is 10.0 Å². The Morgan fingerprint density at radius 3 is 2.10 bits per heavy atom. The molecule has 0 fully saturated rings. The van der Waals surface area contributed by atoms with E-state index in [1.165, 1.54) is 0 Å². The van der Waals surface area contributed by atoms with E-state index >= 15 is 0 Å². The van der Waals surface area contributed by atoms with Gasteiger partial charge in [0.25, 0.3) is 5.56 Å². The summed E-state index contributed by atoms with van der Waals surface area (Å²) in [6.07, 6.45) is 0. The van der Waals surface area contributed by atoms with Gasteiger partial charge in [-0.1, -0.05) is 23.2 Å². The van der Waals surface area contributed by atoms with Gasteiger partial charge in [0.15, 0.2) is 11.6 Å². The highest BCUT2D eigenvalue weighted by molar-refractivity contribution is 6.37. The fourth-order valence-corrected chi connectivity index (χ4v) is 2.51. The van der Waals surface area contributed by atoms with E-state index in [4.69, 9.17) is 23.2 Å². The van der Waals surface area contributed by atoms with Gasteiger partial charge in [-0.15, -0.1) is 0 Å². The molecule has 0 unspecified atom stereocenters. The zero-order valence-electron chi connectivity index (χ0n) is 10.5. The van der Waals surface area contributed by atoms with Gasteiger partial charge in [-0.05, 0) is 24.6 Å². The average Bonchev–Trinajstić information content (AvgIpc) is 2.45. The van der Waals surface area contributed by atoms with Crippen LogP contribution >= 0.6 is 23.2 Å². The molecular formula is C13H7Cl2F4NO. The van der Waals surface area contributed by atoms with E-state index in [9.17, 15) is 22.4 Å². The van der Waals surface area contributed by atoms with Crippen LogP contribution < -0.4 is 5.56 Å². The lowest BCUT2D eigenvalue weighted by molar-refractivity contribution is 0.427. The van der Waals surface area contributed by atoms with Gasteiger partial charge in [-0.25, -0.2) is 17.7 Å². The number of hydrogen-bond acceptors (Lipinski definition) is 1. The summed E-state index contributed by atoms with van der Waals surface area (Å²) in [5, 5.41) is -0.613. The highest BCUT2D eigenvalue weighted by Gasteiger charge is 2.23. The molecule has 8 heteroatoms. The van der Waals surface area contributed by atoms with Gasteiger partial charge in [-0.2, -0.15) is 4.39 Å². The van der Waals surface area contributed by atoms with Crippen molar-refractivity contribution in [3.8, 4) is 5.69 Å².